The van der Waals surface area contributed by atoms with E-state index in [2.05, 4.69) is 24.1 Å². The van der Waals surface area contributed by atoms with Gasteiger partial charge in [-0.3, -0.25) is 0 Å². The van der Waals surface area contributed by atoms with Crippen molar-refractivity contribution < 1.29 is 4.92 Å². The van der Waals surface area contributed by atoms with Gasteiger partial charge in [-0.05, 0) is 46.7 Å². The van der Waals surface area contributed by atoms with Crippen LogP contribution in [0.15, 0.2) is 18.3 Å². The molecule has 0 amide bonds. The lowest BCUT2D eigenvalue weighted by molar-refractivity contribution is -0.388. The fourth-order valence-electron chi connectivity index (χ4n) is 2.70. The van der Waals surface area contributed by atoms with Crippen LogP contribution in [0.5, 0.6) is 0 Å². The van der Waals surface area contributed by atoms with E-state index in [9.17, 15) is 10.1 Å². The van der Waals surface area contributed by atoms with Gasteiger partial charge in [0.05, 0.1) is 0 Å². The second-order valence-corrected chi connectivity index (χ2v) is 5.73. The zero-order chi connectivity index (χ0) is 13.2. The van der Waals surface area contributed by atoms with Gasteiger partial charge in [0.25, 0.3) is 0 Å². The van der Waals surface area contributed by atoms with Crippen LogP contribution in [0.1, 0.15) is 39.5 Å². The van der Waals surface area contributed by atoms with Crippen molar-refractivity contribution in [2.75, 3.05) is 5.32 Å². The van der Waals surface area contributed by atoms with Crippen molar-refractivity contribution in [3.63, 3.8) is 0 Å². The maximum Gasteiger partial charge on any atom is 0.386 e. The van der Waals surface area contributed by atoms with Crippen molar-refractivity contribution in [1.29, 1.82) is 0 Å². The summed E-state index contributed by atoms with van der Waals surface area (Å²) in [4.78, 5) is 14.3. The van der Waals surface area contributed by atoms with Crippen molar-refractivity contribution in [2.24, 2.45) is 5.41 Å². The Balaban J connectivity index is 2.12. The molecule has 1 saturated carbocycles. The average Bonchev–Trinajstić information content (AvgIpc) is 2.28. The molecule has 1 aliphatic rings. The van der Waals surface area contributed by atoms with Crippen LogP contribution in [0.3, 0.4) is 0 Å². The number of anilines is 1. The van der Waals surface area contributed by atoms with Crippen LogP contribution in [-0.2, 0) is 0 Å². The van der Waals surface area contributed by atoms with Crippen LogP contribution in [0.25, 0.3) is 0 Å². The van der Waals surface area contributed by atoms with Gasteiger partial charge in [0, 0.05) is 6.04 Å². The van der Waals surface area contributed by atoms with E-state index in [0.717, 1.165) is 12.8 Å². The van der Waals surface area contributed by atoms with Crippen LogP contribution >= 0.6 is 0 Å². The van der Waals surface area contributed by atoms with Gasteiger partial charge in [-0.2, -0.15) is 0 Å². The number of aromatic nitrogens is 1. The molecule has 0 aliphatic heterocycles. The maximum atomic E-state index is 10.9. The summed E-state index contributed by atoms with van der Waals surface area (Å²) in [5, 5.41) is 14.2. The molecule has 5 nitrogen and oxygen atoms in total. The van der Waals surface area contributed by atoms with Crippen molar-refractivity contribution in [3.8, 4) is 0 Å². The summed E-state index contributed by atoms with van der Waals surface area (Å²) >= 11 is 0. The first-order valence-corrected chi connectivity index (χ1v) is 6.34. The quantitative estimate of drug-likeness (QED) is 0.658. The summed E-state index contributed by atoms with van der Waals surface area (Å²) in [6.07, 6.45) is 5.95. The van der Waals surface area contributed by atoms with E-state index in [-0.39, 0.29) is 5.82 Å². The molecule has 1 aromatic heterocycles. The summed E-state index contributed by atoms with van der Waals surface area (Å²) in [5.74, 6) is -0.0825. The number of hydrogen-bond acceptors (Lipinski definition) is 4. The fourth-order valence-corrected chi connectivity index (χ4v) is 2.70. The van der Waals surface area contributed by atoms with E-state index >= 15 is 0 Å². The fraction of sp³-hybridized carbons (Fsp3) is 0.615. The van der Waals surface area contributed by atoms with Crippen LogP contribution in [0.4, 0.5) is 11.5 Å². The molecule has 1 heterocycles. The van der Waals surface area contributed by atoms with E-state index in [1.54, 1.807) is 12.1 Å². The monoisotopic (exact) mass is 249 g/mol. The Morgan fingerprint density at radius 3 is 3.00 bits per heavy atom. The van der Waals surface area contributed by atoms with E-state index in [1.165, 1.54) is 19.0 Å². The standard InChI is InChI=1S/C13H19N3O2/c1-13(2)7-3-5-10(9-13)15-11-6-4-8-14-12(11)16(17)18/h4,6,8,10,15H,3,5,7,9H2,1-2H3. The van der Waals surface area contributed by atoms with Crippen molar-refractivity contribution in [2.45, 2.75) is 45.6 Å². The summed E-state index contributed by atoms with van der Waals surface area (Å²) in [7, 11) is 0. The van der Waals surface area contributed by atoms with Gasteiger partial charge in [-0.1, -0.05) is 20.3 Å². The number of pyridine rings is 1. The predicted octanol–water partition coefficient (Wildman–Crippen LogP) is 3.37. The third-order valence-electron chi connectivity index (χ3n) is 3.52. The Hall–Kier alpha value is -1.65. The molecule has 1 fully saturated rings. The second-order valence-electron chi connectivity index (χ2n) is 5.73. The van der Waals surface area contributed by atoms with Crippen LogP contribution in [-0.4, -0.2) is 15.9 Å². The highest BCUT2D eigenvalue weighted by atomic mass is 16.6. The van der Waals surface area contributed by atoms with Gasteiger partial charge < -0.3 is 15.4 Å². The molecular formula is C13H19N3O2. The molecule has 5 heteroatoms. The Bertz CT molecular complexity index is 446. The van der Waals surface area contributed by atoms with E-state index in [0.29, 0.717) is 17.1 Å². The molecule has 1 aromatic rings. The third kappa shape index (κ3) is 2.97. The largest absolute Gasteiger partial charge is 0.386 e. The highest BCUT2D eigenvalue weighted by Crippen LogP contribution is 2.37. The SMILES string of the molecule is CC1(C)CCCC(Nc2cccnc2[N+](=O)[O-])C1. The molecule has 0 spiro atoms. The Kier molecular flexibility index (Phi) is 3.50. The highest BCUT2D eigenvalue weighted by Gasteiger charge is 2.29. The predicted molar refractivity (Wildman–Crippen MR) is 70.6 cm³/mol. The molecule has 0 bridgehead atoms. The zero-order valence-corrected chi connectivity index (χ0v) is 10.8. The molecule has 1 unspecified atom stereocenters. The van der Waals surface area contributed by atoms with Gasteiger partial charge in [-0.15, -0.1) is 0 Å². The van der Waals surface area contributed by atoms with E-state index in [4.69, 9.17) is 0 Å². The smallest absolute Gasteiger partial charge is 0.375 e. The molecule has 98 valence electrons. The summed E-state index contributed by atoms with van der Waals surface area (Å²) in [6, 6.07) is 3.76. The first kappa shape index (κ1) is 12.8. The molecule has 18 heavy (non-hydrogen) atoms. The first-order valence-electron chi connectivity index (χ1n) is 6.34. The van der Waals surface area contributed by atoms with Crippen molar-refractivity contribution in [1.82, 2.24) is 4.98 Å². The Morgan fingerprint density at radius 2 is 2.33 bits per heavy atom. The number of nitro groups is 1. The Morgan fingerprint density at radius 1 is 1.56 bits per heavy atom. The minimum Gasteiger partial charge on any atom is -0.375 e. The van der Waals surface area contributed by atoms with Crippen molar-refractivity contribution >= 4 is 11.5 Å². The molecule has 0 saturated heterocycles. The second kappa shape index (κ2) is 4.92. The molecule has 1 atom stereocenters. The van der Waals surface area contributed by atoms with Crippen LogP contribution in [0.2, 0.25) is 0 Å². The molecule has 1 aliphatic carbocycles. The van der Waals surface area contributed by atoms with Gasteiger partial charge >= 0.3 is 5.82 Å². The lowest BCUT2D eigenvalue weighted by Gasteiger charge is -2.35. The molecule has 2 rings (SSSR count). The minimum absolute atomic E-state index is 0.0825. The maximum absolute atomic E-state index is 10.9. The molecule has 0 aromatic carbocycles. The van der Waals surface area contributed by atoms with Crippen LogP contribution in [0, 0.1) is 15.5 Å². The van der Waals surface area contributed by atoms with Gasteiger partial charge in [-0.25, -0.2) is 0 Å². The van der Waals surface area contributed by atoms with Gasteiger partial charge in [0.15, 0.2) is 0 Å². The highest BCUT2D eigenvalue weighted by molar-refractivity contribution is 5.57. The Labute approximate surface area is 107 Å². The molecule has 0 radical (unpaired) electrons. The zero-order valence-electron chi connectivity index (χ0n) is 10.8. The molecular weight excluding hydrogens is 230 g/mol. The lowest BCUT2D eigenvalue weighted by atomic mass is 9.75. The van der Waals surface area contributed by atoms with Crippen LogP contribution < -0.4 is 5.32 Å². The number of hydrogen-bond donors (Lipinski definition) is 1. The summed E-state index contributed by atoms with van der Waals surface area (Å²) in [5.41, 5.74) is 0.845. The number of nitrogens with zero attached hydrogens (tertiary/aromatic N) is 2. The molecule has 1 N–H and O–H groups in total. The summed E-state index contributed by atoms with van der Waals surface area (Å²) < 4.78 is 0. The van der Waals surface area contributed by atoms with E-state index in [1.807, 2.05) is 0 Å². The summed E-state index contributed by atoms with van der Waals surface area (Å²) in [6.45, 7) is 4.50. The van der Waals surface area contributed by atoms with Gasteiger partial charge in [0.1, 0.15) is 11.9 Å². The third-order valence-corrected chi connectivity index (χ3v) is 3.52. The average molecular weight is 249 g/mol. The van der Waals surface area contributed by atoms with E-state index < -0.39 is 4.92 Å². The normalized spacial score (nSPS) is 22.4. The lowest BCUT2D eigenvalue weighted by Crippen LogP contribution is -2.32. The number of nitrogens with one attached hydrogen (secondary N) is 1. The minimum atomic E-state index is -0.434. The topological polar surface area (TPSA) is 68.1 Å². The number of rotatable bonds is 3. The van der Waals surface area contributed by atoms with Gasteiger partial charge in [0.2, 0.25) is 0 Å². The van der Waals surface area contributed by atoms with Crippen molar-refractivity contribution in [3.05, 3.63) is 28.4 Å². The first-order chi connectivity index (χ1) is 8.48.